The average molecular weight is 387 g/mol. The summed E-state index contributed by atoms with van der Waals surface area (Å²) in [6, 6.07) is 11.4. The molecule has 9 heteroatoms. The fourth-order valence-corrected chi connectivity index (χ4v) is 4.00. The van der Waals surface area contributed by atoms with Gasteiger partial charge in [-0.15, -0.1) is 16.4 Å². The lowest BCUT2D eigenvalue weighted by atomic mass is 10.2. The molecule has 134 valence electrons. The summed E-state index contributed by atoms with van der Waals surface area (Å²) in [6.45, 7) is 3.89. The molecule has 3 aromatic rings. The summed E-state index contributed by atoms with van der Waals surface area (Å²) in [5.41, 5.74) is 1.94. The third-order valence-electron chi connectivity index (χ3n) is 3.56. The number of nitrogens with one attached hydrogen (secondary N) is 1. The van der Waals surface area contributed by atoms with Gasteiger partial charge in [0.25, 0.3) is 0 Å². The van der Waals surface area contributed by atoms with Gasteiger partial charge in [0.1, 0.15) is 0 Å². The Morgan fingerprint density at radius 1 is 1.23 bits per heavy atom. The number of carbonyl (C=O) groups excluding carboxylic acids is 2. The molecule has 0 aliphatic carbocycles. The molecule has 26 heavy (non-hydrogen) atoms. The van der Waals surface area contributed by atoms with Crippen LogP contribution in [0.1, 0.15) is 27.0 Å². The van der Waals surface area contributed by atoms with Crippen LogP contribution in [-0.4, -0.2) is 37.7 Å². The molecule has 7 nitrogen and oxygen atoms in total. The molecule has 0 aliphatic heterocycles. The molecule has 2 heterocycles. The van der Waals surface area contributed by atoms with Gasteiger partial charge in [-0.1, -0.05) is 30.0 Å². The van der Waals surface area contributed by atoms with E-state index in [-0.39, 0.29) is 17.4 Å². The lowest BCUT2D eigenvalue weighted by molar-refractivity contribution is -0.119. The van der Waals surface area contributed by atoms with E-state index < -0.39 is 0 Å². The largest absolute Gasteiger partial charge is 0.351 e. The Hall–Kier alpha value is -2.52. The van der Waals surface area contributed by atoms with Crippen LogP contribution in [0.25, 0.3) is 5.69 Å². The Bertz CT molecular complexity index is 935. The van der Waals surface area contributed by atoms with Gasteiger partial charge in [-0.25, -0.2) is 0 Å². The van der Waals surface area contributed by atoms with E-state index in [4.69, 9.17) is 0 Å². The number of para-hydroxylation sites is 1. The normalized spacial score (nSPS) is 10.7. The smallest absolute Gasteiger partial charge is 0.217 e. The molecular formula is C17H17N5O2S2. The minimum atomic E-state index is -0.0927. The number of Topliss-reactive ketones (excluding diaryl/α,β-unsaturated/α-hetero) is 1. The minimum absolute atomic E-state index is 0.00779. The van der Waals surface area contributed by atoms with Crippen LogP contribution < -0.4 is 5.32 Å². The SMILES string of the molecule is CC(=O)NCc1ccc(C(=O)CSc2nnnn2-c2ccccc2C)s1. The highest BCUT2D eigenvalue weighted by Crippen LogP contribution is 2.23. The summed E-state index contributed by atoms with van der Waals surface area (Å²) in [4.78, 5) is 25.0. The number of rotatable bonds is 7. The van der Waals surface area contributed by atoms with Gasteiger partial charge in [-0.3, -0.25) is 9.59 Å². The quantitative estimate of drug-likeness (QED) is 0.495. The summed E-state index contributed by atoms with van der Waals surface area (Å²) in [5.74, 6) is 0.157. The van der Waals surface area contributed by atoms with Crippen LogP contribution in [0.5, 0.6) is 0 Å². The van der Waals surface area contributed by atoms with Crippen molar-refractivity contribution in [3.05, 3.63) is 51.7 Å². The van der Waals surface area contributed by atoms with E-state index in [0.29, 0.717) is 16.6 Å². The Kier molecular flexibility index (Phi) is 5.79. The number of carbonyl (C=O) groups is 2. The number of aryl methyl sites for hydroxylation is 1. The predicted molar refractivity (Wildman–Crippen MR) is 101 cm³/mol. The van der Waals surface area contributed by atoms with Crippen LogP contribution in [0, 0.1) is 6.92 Å². The van der Waals surface area contributed by atoms with E-state index in [1.54, 1.807) is 10.7 Å². The maximum atomic E-state index is 12.4. The number of hydrogen-bond acceptors (Lipinski definition) is 7. The predicted octanol–water partition coefficient (Wildman–Crippen LogP) is 2.64. The van der Waals surface area contributed by atoms with E-state index >= 15 is 0 Å². The van der Waals surface area contributed by atoms with Gasteiger partial charge >= 0.3 is 0 Å². The molecule has 0 unspecified atom stereocenters. The molecule has 0 saturated heterocycles. The van der Waals surface area contributed by atoms with Gasteiger partial charge in [0.05, 0.1) is 22.9 Å². The number of nitrogens with zero attached hydrogens (tertiary/aromatic N) is 4. The van der Waals surface area contributed by atoms with E-state index in [9.17, 15) is 9.59 Å². The number of thiophene rings is 1. The van der Waals surface area contributed by atoms with Gasteiger partial charge in [0.2, 0.25) is 11.1 Å². The van der Waals surface area contributed by atoms with Crippen molar-refractivity contribution in [2.24, 2.45) is 0 Å². The zero-order valence-corrected chi connectivity index (χ0v) is 15.9. The number of ketones is 1. The Labute approximate surface area is 158 Å². The highest BCUT2D eigenvalue weighted by Gasteiger charge is 2.15. The molecule has 0 atom stereocenters. The van der Waals surface area contributed by atoms with Crippen molar-refractivity contribution in [3.8, 4) is 5.69 Å². The first kappa shape index (κ1) is 18.3. The first-order chi connectivity index (χ1) is 12.5. The van der Waals surface area contributed by atoms with Gasteiger partial charge in [0.15, 0.2) is 5.78 Å². The van der Waals surface area contributed by atoms with E-state index in [0.717, 1.165) is 16.1 Å². The molecule has 3 rings (SSSR count). The molecule has 1 N–H and O–H groups in total. The summed E-state index contributed by atoms with van der Waals surface area (Å²) in [7, 11) is 0. The van der Waals surface area contributed by atoms with E-state index in [1.165, 1.54) is 30.0 Å². The fourth-order valence-electron chi connectivity index (χ4n) is 2.26. The lowest BCUT2D eigenvalue weighted by Gasteiger charge is -2.06. The van der Waals surface area contributed by atoms with Crippen LogP contribution in [0.2, 0.25) is 0 Å². The summed E-state index contributed by atoms with van der Waals surface area (Å²) >= 11 is 2.69. The standard InChI is InChI=1S/C17H17N5O2S2/c1-11-5-3-4-6-14(11)22-17(19-20-21-22)25-10-15(24)16-8-7-13(26-16)9-18-12(2)23/h3-8H,9-10H2,1-2H3,(H,18,23). The second-order valence-electron chi connectivity index (χ2n) is 5.55. The third-order valence-corrected chi connectivity index (χ3v) is 5.61. The molecule has 1 aromatic carbocycles. The number of amides is 1. The summed E-state index contributed by atoms with van der Waals surface area (Å²) in [6.07, 6.45) is 0. The lowest BCUT2D eigenvalue weighted by Crippen LogP contribution is -2.18. The molecule has 0 fully saturated rings. The number of hydrogen-bond donors (Lipinski definition) is 1. The number of thioether (sulfide) groups is 1. The molecule has 0 aliphatic rings. The molecule has 0 saturated carbocycles. The monoisotopic (exact) mass is 387 g/mol. The van der Waals surface area contributed by atoms with Crippen molar-refractivity contribution in [2.45, 2.75) is 25.5 Å². The second-order valence-corrected chi connectivity index (χ2v) is 7.66. The fraction of sp³-hybridized carbons (Fsp3) is 0.235. The van der Waals surface area contributed by atoms with Gasteiger partial charge in [-0.2, -0.15) is 4.68 Å². The van der Waals surface area contributed by atoms with Gasteiger partial charge < -0.3 is 5.32 Å². The van der Waals surface area contributed by atoms with Crippen molar-refractivity contribution in [3.63, 3.8) is 0 Å². The van der Waals surface area contributed by atoms with Crippen LogP contribution in [0.15, 0.2) is 41.6 Å². The topological polar surface area (TPSA) is 89.8 Å². The van der Waals surface area contributed by atoms with E-state index in [2.05, 4.69) is 20.8 Å². The summed E-state index contributed by atoms with van der Waals surface area (Å²) < 4.78 is 1.64. The number of aromatic nitrogens is 4. The zero-order valence-electron chi connectivity index (χ0n) is 14.3. The van der Waals surface area contributed by atoms with E-state index in [1.807, 2.05) is 37.3 Å². The first-order valence-corrected chi connectivity index (χ1v) is 9.68. The molecular weight excluding hydrogens is 370 g/mol. The molecule has 1 amide bonds. The highest BCUT2D eigenvalue weighted by molar-refractivity contribution is 7.99. The number of benzene rings is 1. The first-order valence-electron chi connectivity index (χ1n) is 7.88. The second kappa shape index (κ2) is 8.24. The molecule has 2 aromatic heterocycles. The van der Waals surface area contributed by atoms with Crippen LogP contribution in [0.3, 0.4) is 0 Å². The minimum Gasteiger partial charge on any atom is -0.351 e. The zero-order chi connectivity index (χ0) is 18.5. The van der Waals surface area contributed by atoms with Crippen molar-refractivity contribution >= 4 is 34.8 Å². The highest BCUT2D eigenvalue weighted by atomic mass is 32.2. The Morgan fingerprint density at radius 3 is 2.81 bits per heavy atom. The molecule has 0 radical (unpaired) electrons. The van der Waals surface area contributed by atoms with Crippen molar-refractivity contribution in [1.82, 2.24) is 25.5 Å². The van der Waals surface area contributed by atoms with Crippen molar-refractivity contribution < 1.29 is 9.59 Å². The Morgan fingerprint density at radius 2 is 2.04 bits per heavy atom. The van der Waals surface area contributed by atoms with Gasteiger partial charge in [0, 0.05) is 11.8 Å². The molecule has 0 bridgehead atoms. The maximum Gasteiger partial charge on any atom is 0.217 e. The third kappa shape index (κ3) is 4.36. The number of tetrazole rings is 1. The van der Waals surface area contributed by atoms with Crippen molar-refractivity contribution in [1.29, 1.82) is 0 Å². The Balaban J connectivity index is 1.65. The van der Waals surface area contributed by atoms with Crippen LogP contribution in [0.4, 0.5) is 0 Å². The summed E-state index contributed by atoms with van der Waals surface area (Å²) in [5, 5.41) is 15.1. The van der Waals surface area contributed by atoms with Crippen molar-refractivity contribution in [2.75, 3.05) is 5.75 Å². The van der Waals surface area contributed by atoms with Gasteiger partial charge in [-0.05, 0) is 41.1 Å². The maximum absolute atomic E-state index is 12.4. The van der Waals surface area contributed by atoms with Crippen LogP contribution in [-0.2, 0) is 11.3 Å². The molecule has 0 spiro atoms. The average Bonchev–Trinajstić information content (AvgIpc) is 3.28. The van der Waals surface area contributed by atoms with Crippen LogP contribution >= 0.6 is 23.1 Å².